The van der Waals surface area contributed by atoms with Gasteiger partial charge >= 0.3 is 0 Å². The lowest BCUT2D eigenvalue weighted by atomic mass is 9.98. The molecule has 2 aromatic rings. The molecule has 31 heavy (non-hydrogen) atoms. The highest BCUT2D eigenvalue weighted by molar-refractivity contribution is 7.89. The minimum absolute atomic E-state index is 0.0885. The molecule has 1 amide bonds. The number of halogens is 1. The number of hydrogen-bond acceptors (Lipinski definition) is 5. The fourth-order valence-corrected chi connectivity index (χ4v) is 6.40. The standard InChI is InChI=1S/C22H30ClN3O3S2/c1-3-26(4-2)31(28,29)19-9-10-21(23)20(13-19)22(27)24-14-17-7-5-11-25(15-17)16-18-8-6-12-30-18/h6,8-10,12-13,17H,3-5,7,11,14-16H2,1-2H3,(H,24,27). The number of carbonyl (C=O) groups excluding carboxylic acids is 1. The second-order valence-electron chi connectivity index (χ2n) is 7.76. The van der Waals surface area contributed by atoms with Gasteiger partial charge in [-0.3, -0.25) is 9.69 Å². The van der Waals surface area contributed by atoms with E-state index in [4.69, 9.17) is 11.6 Å². The Bertz CT molecular complexity index is 976. The second-order valence-corrected chi connectivity index (χ2v) is 11.1. The molecule has 1 aliphatic heterocycles. The summed E-state index contributed by atoms with van der Waals surface area (Å²) in [5.74, 6) is 0.0241. The van der Waals surface area contributed by atoms with Gasteiger partial charge in [0.25, 0.3) is 5.91 Å². The SMILES string of the molecule is CCN(CC)S(=O)(=O)c1ccc(Cl)c(C(=O)NCC2CCCN(Cc3cccs3)C2)c1. The Morgan fingerprint density at radius 2 is 2.06 bits per heavy atom. The Hall–Kier alpha value is -1.45. The van der Waals surface area contributed by atoms with Gasteiger partial charge in [-0.15, -0.1) is 11.3 Å². The number of carbonyl (C=O) groups is 1. The molecule has 9 heteroatoms. The highest BCUT2D eigenvalue weighted by Gasteiger charge is 2.25. The fraction of sp³-hybridized carbons (Fsp3) is 0.500. The summed E-state index contributed by atoms with van der Waals surface area (Å²) < 4.78 is 27.0. The molecule has 2 heterocycles. The Labute approximate surface area is 194 Å². The lowest BCUT2D eigenvalue weighted by Gasteiger charge is -2.32. The molecule has 0 spiro atoms. The summed E-state index contributed by atoms with van der Waals surface area (Å²) in [6.45, 7) is 7.80. The fourth-order valence-electron chi connectivity index (χ4n) is 3.97. The molecule has 3 rings (SSSR count). The van der Waals surface area contributed by atoms with Gasteiger partial charge < -0.3 is 5.32 Å². The average Bonchev–Trinajstić information content (AvgIpc) is 3.26. The minimum atomic E-state index is -3.65. The van der Waals surface area contributed by atoms with E-state index in [0.717, 1.165) is 32.5 Å². The van der Waals surface area contributed by atoms with E-state index in [2.05, 4.69) is 27.7 Å². The number of thiophene rings is 1. The average molecular weight is 484 g/mol. The van der Waals surface area contributed by atoms with Crippen LogP contribution in [0.4, 0.5) is 0 Å². The molecule has 0 radical (unpaired) electrons. The van der Waals surface area contributed by atoms with Crippen LogP contribution in [0.5, 0.6) is 0 Å². The highest BCUT2D eigenvalue weighted by Crippen LogP contribution is 2.24. The van der Waals surface area contributed by atoms with E-state index in [1.165, 1.54) is 27.4 Å². The summed E-state index contributed by atoms with van der Waals surface area (Å²) in [4.78, 5) is 16.7. The Balaban J connectivity index is 1.63. The Morgan fingerprint density at radius 3 is 2.74 bits per heavy atom. The smallest absolute Gasteiger partial charge is 0.252 e. The molecule has 1 fully saturated rings. The van der Waals surface area contributed by atoms with Crippen LogP contribution in [0.2, 0.25) is 5.02 Å². The van der Waals surface area contributed by atoms with Gasteiger partial charge in [-0.05, 0) is 54.9 Å². The second kappa shape index (κ2) is 10.9. The van der Waals surface area contributed by atoms with Gasteiger partial charge in [0.15, 0.2) is 0 Å². The van der Waals surface area contributed by atoms with Crippen molar-refractivity contribution >= 4 is 38.9 Å². The number of rotatable bonds is 9. The van der Waals surface area contributed by atoms with Crippen LogP contribution in [0.3, 0.4) is 0 Å². The number of nitrogens with zero attached hydrogens (tertiary/aromatic N) is 2. The van der Waals surface area contributed by atoms with Crippen molar-refractivity contribution in [2.75, 3.05) is 32.7 Å². The highest BCUT2D eigenvalue weighted by atomic mass is 35.5. The molecule has 1 unspecified atom stereocenters. The number of piperidine rings is 1. The van der Waals surface area contributed by atoms with Crippen molar-refractivity contribution in [1.82, 2.24) is 14.5 Å². The number of benzene rings is 1. The normalized spacial score (nSPS) is 17.7. The van der Waals surface area contributed by atoms with Crippen LogP contribution in [-0.4, -0.2) is 56.3 Å². The first kappa shape index (κ1) is 24.2. The maximum Gasteiger partial charge on any atom is 0.252 e. The molecule has 1 aromatic heterocycles. The van der Waals surface area contributed by atoms with Crippen LogP contribution in [0.1, 0.15) is 41.9 Å². The van der Waals surface area contributed by atoms with E-state index in [1.807, 2.05) is 0 Å². The molecule has 0 bridgehead atoms. The molecule has 6 nitrogen and oxygen atoms in total. The number of sulfonamides is 1. The van der Waals surface area contributed by atoms with Crippen LogP contribution in [-0.2, 0) is 16.6 Å². The summed E-state index contributed by atoms with van der Waals surface area (Å²) in [7, 11) is -3.65. The number of hydrogen-bond donors (Lipinski definition) is 1. The summed E-state index contributed by atoms with van der Waals surface area (Å²) in [5, 5.41) is 5.31. The first-order valence-electron chi connectivity index (χ1n) is 10.7. The van der Waals surface area contributed by atoms with Gasteiger partial charge in [0.2, 0.25) is 10.0 Å². The molecule has 1 aromatic carbocycles. The first-order valence-corrected chi connectivity index (χ1v) is 13.4. The van der Waals surface area contributed by atoms with Gasteiger partial charge in [-0.2, -0.15) is 4.31 Å². The minimum Gasteiger partial charge on any atom is -0.352 e. The van der Waals surface area contributed by atoms with Crippen molar-refractivity contribution < 1.29 is 13.2 Å². The zero-order valence-corrected chi connectivity index (χ0v) is 20.4. The number of likely N-dealkylation sites (tertiary alicyclic amines) is 1. The van der Waals surface area contributed by atoms with Gasteiger partial charge in [-0.25, -0.2) is 8.42 Å². The van der Waals surface area contributed by atoms with Crippen molar-refractivity contribution in [3.8, 4) is 0 Å². The van der Waals surface area contributed by atoms with Crippen molar-refractivity contribution in [2.24, 2.45) is 5.92 Å². The molecular weight excluding hydrogens is 454 g/mol. The van der Waals surface area contributed by atoms with Crippen LogP contribution < -0.4 is 5.32 Å². The van der Waals surface area contributed by atoms with Crippen LogP contribution in [0, 0.1) is 5.92 Å². The third-order valence-corrected chi connectivity index (χ3v) is 8.88. The Kier molecular flexibility index (Phi) is 8.52. The zero-order chi connectivity index (χ0) is 22.4. The third kappa shape index (κ3) is 6.08. The van der Waals surface area contributed by atoms with Gasteiger partial charge in [0.1, 0.15) is 0 Å². The first-order chi connectivity index (χ1) is 14.8. The predicted octanol–water partition coefficient (Wildman–Crippen LogP) is 4.07. The van der Waals surface area contributed by atoms with Crippen molar-refractivity contribution in [2.45, 2.75) is 38.1 Å². The monoisotopic (exact) mass is 483 g/mol. The van der Waals surface area contributed by atoms with Crippen LogP contribution in [0.15, 0.2) is 40.6 Å². The van der Waals surface area contributed by atoms with Crippen molar-refractivity contribution in [3.05, 3.63) is 51.2 Å². The molecule has 1 saturated heterocycles. The van der Waals surface area contributed by atoms with E-state index >= 15 is 0 Å². The van der Waals surface area contributed by atoms with E-state index in [1.54, 1.807) is 25.2 Å². The lowest BCUT2D eigenvalue weighted by Crippen LogP contribution is -2.40. The van der Waals surface area contributed by atoms with E-state index in [-0.39, 0.29) is 21.4 Å². The third-order valence-electron chi connectivity index (χ3n) is 5.64. The summed E-state index contributed by atoms with van der Waals surface area (Å²) in [5.41, 5.74) is 0.196. The molecule has 1 N–H and O–H groups in total. The molecular formula is C22H30ClN3O3S2. The van der Waals surface area contributed by atoms with Gasteiger partial charge in [-0.1, -0.05) is 31.5 Å². The lowest BCUT2D eigenvalue weighted by molar-refractivity contribution is 0.0931. The van der Waals surface area contributed by atoms with E-state index in [9.17, 15) is 13.2 Å². The maximum atomic E-state index is 12.8. The van der Waals surface area contributed by atoms with Gasteiger partial charge in [0.05, 0.1) is 15.5 Å². The quantitative estimate of drug-likeness (QED) is 0.583. The van der Waals surface area contributed by atoms with Crippen LogP contribution >= 0.6 is 22.9 Å². The maximum absolute atomic E-state index is 12.8. The molecule has 170 valence electrons. The zero-order valence-electron chi connectivity index (χ0n) is 18.0. The van der Waals surface area contributed by atoms with Gasteiger partial charge in [0, 0.05) is 37.6 Å². The van der Waals surface area contributed by atoms with Crippen LogP contribution in [0.25, 0.3) is 0 Å². The summed E-state index contributed by atoms with van der Waals surface area (Å²) >= 11 is 8.00. The molecule has 0 aliphatic carbocycles. The molecule has 1 aliphatic rings. The van der Waals surface area contributed by atoms with Crippen molar-refractivity contribution in [3.63, 3.8) is 0 Å². The predicted molar refractivity (Wildman–Crippen MR) is 126 cm³/mol. The molecule has 0 saturated carbocycles. The van der Waals surface area contributed by atoms with Crippen molar-refractivity contribution in [1.29, 1.82) is 0 Å². The summed E-state index contributed by atoms with van der Waals surface area (Å²) in [6, 6.07) is 8.54. The van der Waals surface area contributed by atoms with E-state index < -0.39 is 10.0 Å². The van der Waals surface area contributed by atoms with E-state index in [0.29, 0.717) is 25.6 Å². The molecule has 1 atom stereocenters. The number of nitrogens with one attached hydrogen (secondary N) is 1. The largest absolute Gasteiger partial charge is 0.352 e. The summed E-state index contributed by atoms with van der Waals surface area (Å²) in [6.07, 6.45) is 2.16. The Morgan fingerprint density at radius 1 is 1.29 bits per heavy atom. The number of amides is 1. The topological polar surface area (TPSA) is 69.7 Å².